The molecule has 0 N–H and O–H groups in total. The highest BCUT2D eigenvalue weighted by molar-refractivity contribution is 9.10. The maximum Gasteiger partial charge on any atom is 0.177 e. The molecule has 88 valence electrons. The van der Waals surface area contributed by atoms with Crippen molar-refractivity contribution in [1.82, 2.24) is 5.16 Å². The normalized spacial score (nSPS) is 10.5. The van der Waals surface area contributed by atoms with Gasteiger partial charge in [-0.15, -0.1) is 0 Å². The zero-order valence-corrected chi connectivity index (χ0v) is 10.7. The predicted molar refractivity (Wildman–Crippen MR) is 63.3 cm³/mol. The van der Waals surface area contributed by atoms with Crippen molar-refractivity contribution in [3.05, 3.63) is 40.0 Å². The average Bonchev–Trinajstić information content (AvgIpc) is 2.73. The number of carboxylic acids is 1. The summed E-state index contributed by atoms with van der Waals surface area (Å²) in [5.74, 6) is -1.04. The molecule has 0 fully saturated rings. The van der Waals surface area contributed by atoms with E-state index in [0.29, 0.717) is 17.7 Å². The number of aromatic carboxylic acids is 1. The van der Waals surface area contributed by atoms with Gasteiger partial charge in [-0.05, 0) is 18.6 Å². The van der Waals surface area contributed by atoms with E-state index in [1.807, 2.05) is 19.1 Å². The van der Waals surface area contributed by atoms with Crippen LogP contribution in [0.2, 0.25) is 0 Å². The Morgan fingerprint density at radius 1 is 1.47 bits per heavy atom. The number of carboxylic acid groups (broad SMARTS) is 1. The molecular weight excluding hydrogens is 286 g/mol. The van der Waals surface area contributed by atoms with E-state index in [9.17, 15) is 9.90 Å². The van der Waals surface area contributed by atoms with Gasteiger partial charge in [0.1, 0.15) is 0 Å². The molecule has 0 saturated carbocycles. The van der Waals surface area contributed by atoms with Gasteiger partial charge in [-0.2, -0.15) is 0 Å². The molecule has 17 heavy (non-hydrogen) atoms. The molecule has 2 rings (SSSR count). The molecule has 0 aliphatic carbocycles. The van der Waals surface area contributed by atoms with Crippen molar-refractivity contribution in [2.24, 2.45) is 0 Å². The van der Waals surface area contributed by atoms with E-state index >= 15 is 0 Å². The summed E-state index contributed by atoms with van der Waals surface area (Å²) in [7, 11) is 0. The van der Waals surface area contributed by atoms with Crippen molar-refractivity contribution >= 4 is 21.9 Å². The van der Waals surface area contributed by atoms with Crippen molar-refractivity contribution in [1.29, 1.82) is 0 Å². The Morgan fingerprint density at radius 3 is 2.76 bits per heavy atom. The third-order valence-electron chi connectivity index (χ3n) is 2.42. The van der Waals surface area contributed by atoms with Gasteiger partial charge in [0.15, 0.2) is 5.76 Å². The van der Waals surface area contributed by atoms with Crippen LogP contribution in [0.5, 0.6) is 0 Å². The molecule has 1 heterocycles. The lowest BCUT2D eigenvalue weighted by Crippen LogP contribution is -2.23. The summed E-state index contributed by atoms with van der Waals surface area (Å²) < 4.78 is 5.87. The second-order valence-corrected chi connectivity index (χ2v) is 4.31. The van der Waals surface area contributed by atoms with Gasteiger partial charge in [0.2, 0.25) is 0 Å². The molecule has 2 aromatic rings. The Labute approximate surface area is 106 Å². The summed E-state index contributed by atoms with van der Waals surface area (Å²) in [6, 6.07) is 7.20. The second kappa shape index (κ2) is 4.71. The Balaban J connectivity index is 2.64. The number of benzene rings is 1. The summed E-state index contributed by atoms with van der Waals surface area (Å²) in [6.07, 6.45) is 0.483. The largest absolute Gasteiger partial charge is 0.545 e. The average molecular weight is 295 g/mol. The van der Waals surface area contributed by atoms with Gasteiger partial charge in [0.05, 0.1) is 17.2 Å². The smallest absolute Gasteiger partial charge is 0.177 e. The van der Waals surface area contributed by atoms with E-state index in [2.05, 4.69) is 21.1 Å². The Kier molecular flexibility index (Phi) is 3.28. The molecule has 1 aromatic carbocycles. The first kappa shape index (κ1) is 11.9. The first-order valence-corrected chi connectivity index (χ1v) is 5.89. The van der Waals surface area contributed by atoms with E-state index in [1.54, 1.807) is 12.1 Å². The maximum absolute atomic E-state index is 11.1. The van der Waals surface area contributed by atoms with Gasteiger partial charge >= 0.3 is 0 Å². The van der Waals surface area contributed by atoms with Crippen LogP contribution in [0, 0.1) is 0 Å². The summed E-state index contributed by atoms with van der Waals surface area (Å²) in [6.45, 7) is 1.81. The molecule has 0 aliphatic rings. The van der Waals surface area contributed by atoms with Crippen LogP contribution in [0.3, 0.4) is 0 Å². The number of aryl methyl sites for hydroxylation is 1. The van der Waals surface area contributed by atoms with E-state index in [4.69, 9.17) is 4.52 Å². The highest BCUT2D eigenvalue weighted by atomic mass is 79.9. The number of carbonyl (C=O) groups is 1. The quantitative estimate of drug-likeness (QED) is 0.869. The van der Waals surface area contributed by atoms with Gasteiger partial charge in [-0.3, -0.25) is 0 Å². The number of rotatable bonds is 3. The van der Waals surface area contributed by atoms with Crippen LogP contribution < -0.4 is 5.11 Å². The van der Waals surface area contributed by atoms with Crippen molar-refractivity contribution in [3.63, 3.8) is 0 Å². The molecule has 4 nitrogen and oxygen atoms in total. The van der Waals surface area contributed by atoms with Crippen LogP contribution in [-0.4, -0.2) is 11.1 Å². The molecule has 0 atom stereocenters. The van der Waals surface area contributed by atoms with Crippen molar-refractivity contribution in [3.8, 4) is 11.3 Å². The minimum atomic E-state index is -1.27. The summed E-state index contributed by atoms with van der Waals surface area (Å²) in [5.41, 5.74) is 1.08. The Morgan fingerprint density at radius 2 is 2.18 bits per heavy atom. The Bertz CT molecular complexity index is 563. The fraction of sp³-hybridized carbons (Fsp3) is 0.167. The third-order valence-corrected chi connectivity index (χ3v) is 3.11. The molecule has 0 aliphatic heterocycles. The van der Waals surface area contributed by atoms with Gasteiger partial charge in [0.25, 0.3) is 0 Å². The minimum Gasteiger partial charge on any atom is -0.545 e. The second-order valence-electron chi connectivity index (χ2n) is 3.45. The SMILES string of the molecule is CCc1noc(-c2ccccc2Br)c1C(=O)[O-]. The fourth-order valence-corrected chi connectivity index (χ4v) is 2.07. The van der Waals surface area contributed by atoms with Gasteiger partial charge in [0, 0.05) is 10.0 Å². The van der Waals surface area contributed by atoms with E-state index in [-0.39, 0.29) is 11.3 Å². The summed E-state index contributed by atoms with van der Waals surface area (Å²) in [4.78, 5) is 11.1. The number of hydrogen-bond donors (Lipinski definition) is 0. The molecule has 5 heteroatoms. The first-order chi connectivity index (χ1) is 8.15. The van der Waals surface area contributed by atoms with Crippen molar-refractivity contribution < 1.29 is 14.4 Å². The molecule has 0 radical (unpaired) electrons. The zero-order valence-electron chi connectivity index (χ0n) is 9.07. The number of halogens is 1. The van der Waals surface area contributed by atoms with E-state index < -0.39 is 5.97 Å². The maximum atomic E-state index is 11.1. The van der Waals surface area contributed by atoms with Crippen LogP contribution in [0.15, 0.2) is 33.3 Å². The highest BCUT2D eigenvalue weighted by Gasteiger charge is 2.18. The lowest BCUT2D eigenvalue weighted by Gasteiger charge is -2.05. The standard InChI is InChI=1S/C12H10BrNO3/c1-2-9-10(12(15)16)11(17-14-9)7-5-3-4-6-8(7)13/h3-6H,2H2,1H3,(H,15,16)/p-1. The monoisotopic (exact) mass is 294 g/mol. The third kappa shape index (κ3) is 2.10. The lowest BCUT2D eigenvalue weighted by atomic mass is 10.1. The molecule has 0 amide bonds. The first-order valence-electron chi connectivity index (χ1n) is 5.10. The molecular formula is C12H9BrNO3-. The van der Waals surface area contributed by atoms with Crippen LogP contribution in [0.1, 0.15) is 23.0 Å². The van der Waals surface area contributed by atoms with Gasteiger partial charge in [-0.1, -0.05) is 40.1 Å². The number of nitrogens with zero attached hydrogens (tertiary/aromatic N) is 1. The van der Waals surface area contributed by atoms with Gasteiger partial charge < -0.3 is 14.4 Å². The Hall–Kier alpha value is -1.62. The van der Waals surface area contributed by atoms with Gasteiger partial charge in [-0.25, -0.2) is 0 Å². The molecule has 0 saturated heterocycles. The number of hydrogen-bond acceptors (Lipinski definition) is 4. The summed E-state index contributed by atoms with van der Waals surface area (Å²) in [5, 5.41) is 14.9. The number of aromatic nitrogens is 1. The lowest BCUT2D eigenvalue weighted by molar-refractivity contribution is -0.255. The number of carbonyl (C=O) groups excluding carboxylic acids is 1. The molecule has 0 spiro atoms. The van der Waals surface area contributed by atoms with Crippen molar-refractivity contribution in [2.45, 2.75) is 13.3 Å². The molecule has 1 aromatic heterocycles. The summed E-state index contributed by atoms with van der Waals surface area (Å²) >= 11 is 3.35. The van der Waals surface area contributed by atoms with Crippen molar-refractivity contribution in [2.75, 3.05) is 0 Å². The van der Waals surface area contributed by atoms with E-state index in [0.717, 1.165) is 4.47 Å². The fourth-order valence-electron chi connectivity index (χ4n) is 1.60. The molecule has 0 unspecified atom stereocenters. The minimum absolute atomic E-state index is 0.0272. The van der Waals surface area contributed by atoms with Crippen LogP contribution >= 0.6 is 15.9 Å². The topological polar surface area (TPSA) is 66.2 Å². The van der Waals surface area contributed by atoms with Crippen LogP contribution in [0.25, 0.3) is 11.3 Å². The van der Waals surface area contributed by atoms with E-state index in [1.165, 1.54) is 0 Å². The zero-order chi connectivity index (χ0) is 12.4. The highest BCUT2D eigenvalue weighted by Crippen LogP contribution is 2.32. The molecule has 0 bridgehead atoms. The van der Waals surface area contributed by atoms with Crippen LogP contribution in [-0.2, 0) is 6.42 Å². The van der Waals surface area contributed by atoms with Crippen LogP contribution in [0.4, 0.5) is 0 Å². The predicted octanol–water partition coefficient (Wildman–Crippen LogP) is 2.03.